The number of ether oxygens (including phenoxy) is 1. The van der Waals surface area contributed by atoms with Crippen molar-refractivity contribution in [1.82, 2.24) is 0 Å². The molecule has 0 saturated heterocycles. The first-order valence-electron chi connectivity index (χ1n) is 5.81. The predicted molar refractivity (Wildman–Crippen MR) is 59.9 cm³/mol. The molecule has 0 aliphatic heterocycles. The average molecular weight is 224 g/mol. The van der Waals surface area contributed by atoms with Crippen molar-refractivity contribution in [2.24, 2.45) is 0 Å². The maximum absolute atomic E-state index is 13.6. The summed E-state index contributed by atoms with van der Waals surface area (Å²) < 4.78 is 19.2. The van der Waals surface area contributed by atoms with Gasteiger partial charge in [-0.1, -0.05) is 6.07 Å². The van der Waals surface area contributed by atoms with Crippen molar-refractivity contribution in [2.75, 3.05) is 0 Å². The summed E-state index contributed by atoms with van der Waals surface area (Å²) >= 11 is 0. The molecule has 2 rings (SSSR count). The summed E-state index contributed by atoms with van der Waals surface area (Å²) in [6.45, 7) is 1.62. The van der Waals surface area contributed by atoms with Crippen LogP contribution in [0.25, 0.3) is 0 Å². The number of hydrogen-bond acceptors (Lipinski definition) is 2. The highest BCUT2D eigenvalue weighted by Crippen LogP contribution is 2.27. The van der Waals surface area contributed by atoms with Crippen LogP contribution in [0.15, 0.2) is 18.2 Å². The number of aliphatic hydroxyl groups excluding tert-OH is 1. The molecule has 16 heavy (non-hydrogen) atoms. The monoisotopic (exact) mass is 224 g/mol. The van der Waals surface area contributed by atoms with Gasteiger partial charge in [-0.05, 0) is 50.3 Å². The number of halogens is 1. The van der Waals surface area contributed by atoms with E-state index in [-0.39, 0.29) is 11.9 Å². The third kappa shape index (κ3) is 2.53. The maximum atomic E-state index is 13.6. The van der Waals surface area contributed by atoms with Crippen molar-refractivity contribution in [2.45, 2.75) is 44.8 Å². The van der Waals surface area contributed by atoms with Gasteiger partial charge in [0.1, 0.15) is 0 Å². The smallest absolute Gasteiger partial charge is 0.165 e. The molecule has 0 radical (unpaired) electrons. The third-order valence-electron chi connectivity index (χ3n) is 3.03. The lowest BCUT2D eigenvalue weighted by molar-refractivity contribution is 0.193. The van der Waals surface area contributed by atoms with Crippen molar-refractivity contribution in [1.29, 1.82) is 0 Å². The van der Waals surface area contributed by atoms with Gasteiger partial charge in [0, 0.05) is 0 Å². The van der Waals surface area contributed by atoms with E-state index in [0.29, 0.717) is 11.3 Å². The van der Waals surface area contributed by atoms with Gasteiger partial charge in [-0.15, -0.1) is 0 Å². The first kappa shape index (κ1) is 11.4. The minimum absolute atomic E-state index is 0.159. The van der Waals surface area contributed by atoms with Crippen LogP contribution in [-0.2, 0) is 0 Å². The van der Waals surface area contributed by atoms with Crippen LogP contribution in [0.2, 0.25) is 0 Å². The highest BCUT2D eigenvalue weighted by Gasteiger charge is 2.18. The summed E-state index contributed by atoms with van der Waals surface area (Å²) in [6, 6.07) is 4.66. The SMILES string of the molecule is C[C@@H](O)c1ccc(OC2CCCC2)c(F)c1. The molecule has 1 fully saturated rings. The first-order valence-corrected chi connectivity index (χ1v) is 5.81. The van der Waals surface area contributed by atoms with Crippen LogP contribution in [0, 0.1) is 5.82 Å². The van der Waals surface area contributed by atoms with Gasteiger partial charge >= 0.3 is 0 Å². The fourth-order valence-corrected chi connectivity index (χ4v) is 2.06. The average Bonchev–Trinajstić information content (AvgIpc) is 2.73. The van der Waals surface area contributed by atoms with E-state index in [1.54, 1.807) is 19.1 Å². The third-order valence-corrected chi connectivity index (χ3v) is 3.03. The number of rotatable bonds is 3. The molecule has 1 saturated carbocycles. The Bertz CT molecular complexity index is 357. The Morgan fingerprint density at radius 1 is 1.38 bits per heavy atom. The highest BCUT2D eigenvalue weighted by molar-refractivity contribution is 5.30. The Kier molecular flexibility index (Phi) is 3.44. The van der Waals surface area contributed by atoms with Crippen LogP contribution in [0.1, 0.15) is 44.3 Å². The van der Waals surface area contributed by atoms with Crippen LogP contribution in [0.4, 0.5) is 4.39 Å². The topological polar surface area (TPSA) is 29.5 Å². The molecular weight excluding hydrogens is 207 g/mol. The normalized spacial score (nSPS) is 18.7. The molecule has 3 heteroatoms. The Morgan fingerprint density at radius 3 is 2.62 bits per heavy atom. The van der Waals surface area contributed by atoms with Crippen molar-refractivity contribution >= 4 is 0 Å². The standard InChI is InChI=1S/C13H17FO2/c1-9(15)10-6-7-13(12(14)8-10)16-11-4-2-3-5-11/h6-9,11,15H,2-5H2,1H3/t9-/m1/s1. The number of benzene rings is 1. The van der Waals surface area contributed by atoms with Crippen molar-refractivity contribution < 1.29 is 14.2 Å². The van der Waals surface area contributed by atoms with Crippen molar-refractivity contribution in [3.05, 3.63) is 29.6 Å². The molecule has 88 valence electrons. The van der Waals surface area contributed by atoms with E-state index in [9.17, 15) is 9.50 Å². The molecule has 1 aliphatic carbocycles. The maximum Gasteiger partial charge on any atom is 0.165 e. The summed E-state index contributed by atoms with van der Waals surface area (Å²) in [6.07, 6.45) is 3.87. The van der Waals surface area contributed by atoms with Gasteiger partial charge in [-0.2, -0.15) is 0 Å². The van der Waals surface area contributed by atoms with E-state index in [4.69, 9.17) is 4.74 Å². The van der Waals surface area contributed by atoms with Crippen molar-refractivity contribution in [3.8, 4) is 5.75 Å². The highest BCUT2D eigenvalue weighted by atomic mass is 19.1. The van der Waals surface area contributed by atoms with Crippen LogP contribution in [-0.4, -0.2) is 11.2 Å². The molecule has 0 unspecified atom stereocenters. The second-order valence-electron chi connectivity index (χ2n) is 4.39. The van der Waals surface area contributed by atoms with E-state index in [1.807, 2.05) is 0 Å². The van der Waals surface area contributed by atoms with Crippen LogP contribution in [0.5, 0.6) is 5.75 Å². The molecule has 1 N–H and O–H groups in total. The van der Waals surface area contributed by atoms with Crippen LogP contribution >= 0.6 is 0 Å². The van der Waals surface area contributed by atoms with Gasteiger partial charge in [0.25, 0.3) is 0 Å². The lowest BCUT2D eigenvalue weighted by Crippen LogP contribution is -2.12. The van der Waals surface area contributed by atoms with Gasteiger partial charge in [0.15, 0.2) is 11.6 Å². The Morgan fingerprint density at radius 2 is 2.06 bits per heavy atom. The molecule has 0 aromatic heterocycles. The molecule has 0 heterocycles. The second kappa shape index (κ2) is 4.83. The molecule has 0 spiro atoms. The van der Waals surface area contributed by atoms with Gasteiger partial charge in [0.05, 0.1) is 12.2 Å². The lowest BCUT2D eigenvalue weighted by Gasteiger charge is -2.14. The van der Waals surface area contributed by atoms with Crippen molar-refractivity contribution in [3.63, 3.8) is 0 Å². The summed E-state index contributed by atoms with van der Waals surface area (Å²) in [5, 5.41) is 9.32. The summed E-state index contributed by atoms with van der Waals surface area (Å²) in [4.78, 5) is 0. The fraction of sp³-hybridized carbons (Fsp3) is 0.538. The van der Waals surface area contributed by atoms with Crippen LogP contribution in [0.3, 0.4) is 0 Å². The molecule has 2 nitrogen and oxygen atoms in total. The molecule has 1 aliphatic rings. The fourth-order valence-electron chi connectivity index (χ4n) is 2.06. The van der Waals surface area contributed by atoms with E-state index < -0.39 is 6.10 Å². The minimum Gasteiger partial charge on any atom is -0.487 e. The zero-order valence-corrected chi connectivity index (χ0v) is 9.45. The molecule has 1 atom stereocenters. The van der Waals surface area contributed by atoms with Gasteiger partial charge < -0.3 is 9.84 Å². The molecule has 1 aromatic carbocycles. The van der Waals surface area contributed by atoms with Crippen LogP contribution < -0.4 is 4.74 Å². The molecule has 0 amide bonds. The quantitative estimate of drug-likeness (QED) is 0.854. The largest absolute Gasteiger partial charge is 0.487 e. The Hall–Kier alpha value is -1.09. The summed E-state index contributed by atoms with van der Waals surface area (Å²) in [5.41, 5.74) is 0.580. The number of aliphatic hydroxyl groups is 1. The minimum atomic E-state index is -0.643. The van der Waals surface area contributed by atoms with Gasteiger partial charge in [-0.25, -0.2) is 4.39 Å². The van der Waals surface area contributed by atoms with E-state index in [0.717, 1.165) is 25.7 Å². The molecule has 1 aromatic rings. The molecular formula is C13H17FO2. The Balaban J connectivity index is 2.09. The summed E-state index contributed by atoms with van der Waals surface area (Å²) in [7, 11) is 0. The van der Waals surface area contributed by atoms with E-state index in [2.05, 4.69) is 0 Å². The zero-order chi connectivity index (χ0) is 11.5. The summed E-state index contributed by atoms with van der Waals surface area (Å²) in [5.74, 6) is -0.0819. The molecule has 0 bridgehead atoms. The lowest BCUT2D eigenvalue weighted by atomic mass is 10.1. The number of hydrogen-bond donors (Lipinski definition) is 1. The van der Waals surface area contributed by atoms with E-state index in [1.165, 1.54) is 6.07 Å². The second-order valence-corrected chi connectivity index (χ2v) is 4.39. The predicted octanol–water partition coefficient (Wildman–Crippen LogP) is 3.20. The van der Waals surface area contributed by atoms with Gasteiger partial charge in [-0.3, -0.25) is 0 Å². The zero-order valence-electron chi connectivity index (χ0n) is 9.45. The Labute approximate surface area is 95.1 Å². The van der Waals surface area contributed by atoms with E-state index >= 15 is 0 Å². The van der Waals surface area contributed by atoms with Gasteiger partial charge in [0.2, 0.25) is 0 Å². The first-order chi connectivity index (χ1) is 7.66.